The van der Waals surface area contributed by atoms with Crippen LogP contribution in [-0.4, -0.2) is 19.2 Å². The van der Waals surface area contributed by atoms with Crippen molar-refractivity contribution in [3.8, 4) is 23.0 Å². The van der Waals surface area contributed by atoms with E-state index in [1.807, 2.05) is 18.2 Å². The summed E-state index contributed by atoms with van der Waals surface area (Å²) in [6.45, 7) is 0. The van der Waals surface area contributed by atoms with Crippen LogP contribution in [0.5, 0.6) is 11.5 Å². The zero-order valence-corrected chi connectivity index (χ0v) is 10.3. The van der Waals surface area contributed by atoms with Crippen LogP contribution in [-0.2, 0) is 5.88 Å². The van der Waals surface area contributed by atoms with E-state index in [1.165, 1.54) is 6.26 Å². The Hall–Kier alpha value is -1.68. The maximum absolute atomic E-state index is 5.68. The van der Waals surface area contributed by atoms with E-state index >= 15 is 0 Å². The Labute approximate surface area is 104 Å². The third kappa shape index (κ3) is 2.22. The summed E-state index contributed by atoms with van der Waals surface area (Å²) in [4.78, 5) is 4.25. The van der Waals surface area contributed by atoms with Crippen LogP contribution in [0.3, 0.4) is 0 Å². The molecule has 1 heterocycles. The van der Waals surface area contributed by atoms with Crippen molar-refractivity contribution in [2.45, 2.75) is 5.88 Å². The quantitative estimate of drug-likeness (QED) is 0.786. The van der Waals surface area contributed by atoms with E-state index in [2.05, 4.69) is 4.98 Å². The van der Waals surface area contributed by atoms with Gasteiger partial charge < -0.3 is 13.9 Å². The molecule has 2 rings (SSSR count). The molecule has 0 aliphatic rings. The first kappa shape index (κ1) is 11.8. The Balaban J connectivity index is 2.50. The van der Waals surface area contributed by atoms with Crippen LogP contribution in [0.4, 0.5) is 0 Å². The number of oxazole rings is 1. The third-order valence-electron chi connectivity index (χ3n) is 2.32. The Morgan fingerprint density at radius 1 is 1.29 bits per heavy atom. The number of ether oxygens (including phenoxy) is 2. The summed E-state index contributed by atoms with van der Waals surface area (Å²) >= 11 is 5.68. The molecule has 0 spiro atoms. The summed E-state index contributed by atoms with van der Waals surface area (Å²) < 4.78 is 15.9. The first-order chi connectivity index (χ1) is 8.30. The van der Waals surface area contributed by atoms with E-state index in [0.717, 1.165) is 5.56 Å². The molecule has 0 radical (unpaired) electrons. The predicted octanol–water partition coefficient (Wildman–Crippen LogP) is 3.10. The van der Waals surface area contributed by atoms with Gasteiger partial charge in [-0.15, -0.1) is 11.6 Å². The standard InChI is InChI=1S/C12H12ClNO3/c1-15-10-5-3-4-9(11(10)16-2)12-14-8(6-13)7-17-12/h3-5,7H,6H2,1-2H3. The van der Waals surface area contributed by atoms with Gasteiger partial charge in [0.2, 0.25) is 5.89 Å². The molecule has 4 nitrogen and oxygen atoms in total. The Kier molecular flexibility index (Phi) is 3.54. The highest BCUT2D eigenvalue weighted by atomic mass is 35.5. The lowest BCUT2D eigenvalue weighted by molar-refractivity contribution is 0.355. The fourth-order valence-electron chi connectivity index (χ4n) is 1.55. The highest BCUT2D eigenvalue weighted by Gasteiger charge is 2.15. The van der Waals surface area contributed by atoms with Gasteiger partial charge in [-0.2, -0.15) is 0 Å². The molecule has 5 heteroatoms. The minimum absolute atomic E-state index is 0.315. The van der Waals surface area contributed by atoms with Crippen molar-refractivity contribution in [2.24, 2.45) is 0 Å². The number of alkyl halides is 1. The number of rotatable bonds is 4. The molecule has 0 unspecified atom stereocenters. The van der Waals surface area contributed by atoms with Gasteiger partial charge in [0, 0.05) is 0 Å². The molecule has 0 saturated carbocycles. The number of methoxy groups -OCH3 is 2. The van der Waals surface area contributed by atoms with Gasteiger partial charge in [-0.1, -0.05) is 6.07 Å². The largest absolute Gasteiger partial charge is 0.493 e. The highest BCUT2D eigenvalue weighted by Crippen LogP contribution is 2.37. The van der Waals surface area contributed by atoms with E-state index in [-0.39, 0.29) is 0 Å². The summed E-state index contributed by atoms with van der Waals surface area (Å²) in [6.07, 6.45) is 1.53. The SMILES string of the molecule is COc1cccc(-c2nc(CCl)co2)c1OC. The average Bonchev–Trinajstić information content (AvgIpc) is 2.86. The van der Waals surface area contributed by atoms with Gasteiger partial charge in [0.25, 0.3) is 0 Å². The number of nitrogens with zero attached hydrogens (tertiary/aromatic N) is 1. The summed E-state index contributed by atoms with van der Waals surface area (Å²) in [5.41, 5.74) is 1.43. The van der Waals surface area contributed by atoms with Crippen molar-refractivity contribution < 1.29 is 13.9 Å². The van der Waals surface area contributed by atoms with Crippen molar-refractivity contribution >= 4 is 11.6 Å². The molecule has 90 valence electrons. The van der Waals surface area contributed by atoms with Crippen LogP contribution in [0, 0.1) is 0 Å². The molecule has 1 aromatic heterocycles. The zero-order valence-electron chi connectivity index (χ0n) is 9.57. The van der Waals surface area contributed by atoms with Crippen LogP contribution >= 0.6 is 11.6 Å². The first-order valence-electron chi connectivity index (χ1n) is 5.02. The van der Waals surface area contributed by atoms with Crippen LogP contribution in [0.15, 0.2) is 28.9 Å². The Morgan fingerprint density at radius 3 is 2.71 bits per heavy atom. The van der Waals surface area contributed by atoms with Crippen LogP contribution in [0.2, 0.25) is 0 Å². The summed E-state index contributed by atoms with van der Waals surface area (Å²) in [6, 6.07) is 5.51. The fourth-order valence-corrected chi connectivity index (χ4v) is 1.67. The topological polar surface area (TPSA) is 44.5 Å². The molecule has 1 aromatic carbocycles. The van der Waals surface area contributed by atoms with Crippen molar-refractivity contribution in [1.82, 2.24) is 4.98 Å². The molecule has 0 saturated heterocycles. The summed E-state index contributed by atoms with van der Waals surface area (Å²) in [5, 5.41) is 0. The second kappa shape index (κ2) is 5.10. The van der Waals surface area contributed by atoms with E-state index in [0.29, 0.717) is 29.0 Å². The smallest absolute Gasteiger partial charge is 0.230 e. The lowest BCUT2D eigenvalue weighted by Gasteiger charge is -2.09. The van der Waals surface area contributed by atoms with E-state index < -0.39 is 0 Å². The number of para-hydroxylation sites is 1. The molecule has 0 fully saturated rings. The number of benzene rings is 1. The second-order valence-electron chi connectivity index (χ2n) is 3.32. The van der Waals surface area contributed by atoms with Crippen molar-refractivity contribution in [3.05, 3.63) is 30.2 Å². The molecule has 17 heavy (non-hydrogen) atoms. The Bertz CT molecular complexity index is 510. The minimum atomic E-state index is 0.315. The van der Waals surface area contributed by atoms with Gasteiger partial charge in [0.1, 0.15) is 6.26 Å². The van der Waals surface area contributed by atoms with Crippen molar-refractivity contribution in [3.63, 3.8) is 0 Å². The molecule has 0 N–H and O–H groups in total. The molecule has 2 aromatic rings. The van der Waals surface area contributed by atoms with Crippen molar-refractivity contribution in [2.75, 3.05) is 14.2 Å². The summed E-state index contributed by atoms with van der Waals surface area (Å²) in [5.74, 6) is 2.01. The van der Waals surface area contributed by atoms with E-state index in [9.17, 15) is 0 Å². The first-order valence-corrected chi connectivity index (χ1v) is 5.55. The van der Waals surface area contributed by atoms with Gasteiger partial charge in [0.15, 0.2) is 11.5 Å². The minimum Gasteiger partial charge on any atom is -0.493 e. The third-order valence-corrected chi connectivity index (χ3v) is 2.60. The highest BCUT2D eigenvalue weighted by molar-refractivity contribution is 6.16. The Morgan fingerprint density at radius 2 is 2.12 bits per heavy atom. The molecular weight excluding hydrogens is 242 g/mol. The number of hydrogen-bond donors (Lipinski definition) is 0. The predicted molar refractivity (Wildman–Crippen MR) is 64.6 cm³/mol. The van der Waals surface area contributed by atoms with Crippen molar-refractivity contribution in [1.29, 1.82) is 0 Å². The lowest BCUT2D eigenvalue weighted by Crippen LogP contribution is -1.93. The van der Waals surface area contributed by atoms with E-state index in [1.54, 1.807) is 14.2 Å². The van der Waals surface area contributed by atoms with Crippen LogP contribution < -0.4 is 9.47 Å². The normalized spacial score (nSPS) is 10.3. The zero-order chi connectivity index (χ0) is 12.3. The molecule has 0 atom stereocenters. The molecule has 0 bridgehead atoms. The molecule has 0 amide bonds. The van der Waals surface area contributed by atoms with Gasteiger partial charge in [0.05, 0.1) is 31.4 Å². The number of hydrogen-bond acceptors (Lipinski definition) is 4. The number of halogens is 1. The molecule has 0 aliphatic carbocycles. The fraction of sp³-hybridized carbons (Fsp3) is 0.250. The molecular formula is C12H12ClNO3. The van der Waals surface area contributed by atoms with Gasteiger partial charge in [-0.25, -0.2) is 4.98 Å². The summed E-state index contributed by atoms with van der Waals surface area (Å²) in [7, 11) is 3.16. The van der Waals surface area contributed by atoms with Crippen LogP contribution in [0.25, 0.3) is 11.5 Å². The monoisotopic (exact) mass is 253 g/mol. The average molecular weight is 254 g/mol. The van der Waals surface area contributed by atoms with Gasteiger partial charge in [-0.3, -0.25) is 0 Å². The number of aromatic nitrogens is 1. The van der Waals surface area contributed by atoms with Crippen LogP contribution in [0.1, 0.15) is 5.69 Å². The van der Waals surface area contributed by atoms with Gasteiger partial charge >= 0.3 is 0 Å². The van der Waals surface area contributed by atoms with E-state index in [4.69, 9.17) is 25.5 Å². The molecule has 0 aliphatic heterocycles. The lowest BCUT2D eigenvalue weighted by atomic mass is 10.2. The second-order valence-corrected chi connectivity index (χ2v) is 3.59. The van der Waals surface area contributed by atoms with Gasteiger partial charge in [-0.05, 0) is 12.1 Å². The maximum Gasteiger partial charge on any atom is 0.230 e. The maximum atomic E-state index is 5.68.